The molecule has 24 heavy (non-hydrogen) atoms. The molecule has 1 aromatic heterocycles. The third kappa shape index (κ3) is 2.70. The molecule has 2 N–H and O–H groups in total. The lowest BCUT2D eigenvalue weighted by atomic mass is 10.1. The fourth-order valence-corrected chi connectivity index (χ4v) is 2.21. The third-order valence-corrected chi connectivity index (χ3v) is 3.31. The second-order valence-electron chi connectivity index (χ2n) is 4.82. The van der Waals surface area contributed by atoms with E-state index in [-0.39, 0.29) is 16.8 Å². The van der Waals surface area contributed by atoms with Gasteiger partial charge in [-0.05, 0) is 18.2 Å². The molecule has 0 aliphatic carbocycles. The largest absolute Gasteiger partial charge is 0.320 e. The number of benzene rings is 2. The molecule has 2 aromatic carbocycles. The molecule has 1 heterocycles. The molecule has 0 saturated carbocycles. The van der Waals surface area contributed by atoms with Crippen LogP contribution >= 0.6 is 0 Å². The maximum Gasteiger partial charge on any atom is 0.306 e. The Morgan fingerprint density at radius 1 is 1.21 bits per heavy atom. The average molecular weight is 328 g/mol. The SMILES string of the molecule is O=C(Nc1ccc(F)c([N+](=O)[O-])c1)c1n[nH]c(=O)c2ccccc12. The van der Waals surface area contributed by atoms with Gasteiger partial charge in [0.2, 0.25) is 5.82 Å². The van der Waals surface area contributed by atoms with Crippen molar-refractivity contribution >= 4 is 28.1 Å². The van der Waals surface area contributed by atoms with Crippen molar-refractivity contribution in [3.05, 3.63) is 74.4 Å². The third-order valence-electron chi connectivity index (χ3n) is 3.31. The van der Waals surface area contributed by atoms with Crippen LogP contribution in [0.3, 0.4) is 0 Å². The van der Waals surface area contributed by atoms with E-state index in [1.54, 1.807) is 18.2 Å². The highest BCUT2D eigenvalue weighted by atomic mass is 19.1. The summed E-state index contributed by atoms with van der Waals surface area (Å²) in [5.41, 5.74) is -1.23. The number of carbonyl (C=O) groups is 1. The van der Waals surface area contributed by atoms with Gasteiger partial charge >= 0.3 is 5.69 Å². The molecular weight excluding hydrogens is 319 g/mol. The smallest absolute Gasteiger partial charge is 0.306 e. The van der Waals surface area contributed by atoms with Gasteiger partial charge in [0.15, 0.2) is 5.69 Å². The van der Waals surface area contributed by atoms with E-state index < -0.39 is 27.9 Å². The molecule has 0 aliphatic heterocycles. The zero-order valence-corrected chi connectivity index (χ0v) is 11.9. The summed E-state index contributed by atoms with van der Waals surface area (Å²) in [4.78, 5) is 33.9. The molecule has 0 atom stereocenters. The number of rotatable bonds is 3. The van der Waals surface area contributed by atoms with Crippen LogP contribution in [0.15, 0.2) is 47.3 Å². The van der Waals surface area contributed by atoms with E-state index in [0.717, 1.165) is 12.1 Å². The molecule has 0 spiro atoms. The molecule has 0 saturated heterocycles. The van der Waals surface area contributed by atoms with E-state index in [4.69, 9.17) is 0 Å². The minimum Gasteiger partial charge on any atom is -0.320 e. The highest BCUT2D eigenvalue weighted by Gasteiger charge is 2.18. The molecule has 0 unspecified atom stereocenters. The van der Waals surface area contributed by atoms with Crippen molar-refractivity contribution in [2.24, 2.45) is 0 Å². The topological polar surface area (TPSA) is 118 Å². The Morgan fingerprint density at radius 3 is 2.62 bits per heavy atom. The summed E-state index contributed by atoms with van der Waals surface area (Å²) in [6, 6.07) is 9.35. The Bertz CT molecular complexity index is 1030. The first kappa shape index (κ1) is 15.3. The van der Waals surface area contributed by atoms with E-state index in [9.17, 15) is 24.1 Å². The second-order valence-corrected chi connectivity index (χ2v) is 4.82. The van der Waals surface area contributed by atoms with Crippen molar-refractivity contribution in [2.45, 2.75) is 0 Å². The van der Waals surface area contributed by atoms with Crippen LogP contribution in [0.1, 0.15) is 10.5 Å². The molecule has 120 valence electrons. The molecule has 3 rings (SSSR count). The minimum atomic E-state index is -1.01. The number of H-pyrrole nitrogens is 1. The number of nitrogens with one attached hydrogen (secondary N) is 2. The summed E-state index contributed by atoms with van der Waals surface area (Å²) < 4.78 is 13.3. The molecule has 0 fully saturated rings. The fraction of sp³-hybridized carbons (Fsp3) is 0. The Labute approximate surface area is 133 Å². The lowest BCUT2D eigenvalue weighted by Crippen LogP contribution is -2.19. The lowest BCUT2D eigenvalue weighted by molar-refractivity contribution is -0.387. The second kappa shape index (κ2) is 5.88. The van der Waals surface area contributed by atoms with Crippen LogP contribution in [0.25, 0.3) is 10.8 Å². The number of aromatic amines is 1. The van der Waals surface area contributed by atoms with Crippen molar-refractivity contribution < 1.29 is 14.1 Å². The van der Waals surface area contributed by atoms with Crippen molar-refractivity contribution in [1.29, 1.82) is 0 Å². The molecular formula is C15H9FN4O4. The van der Waals surface area contributed by atoms with Crippen LogP contribution in [-0.2, 0) is 0 Å². The maximum absolute atomic E-state index is 13.3. The number of nitro groups is 1. The number of halogens is 1. The van der Waals surface area contributed by atoms with Gasteiger partial charge in [0, 0.05) is 17.1 Å². The molecule has 3 aromatic rings. The van der Waals surface area contributed by atoms with E-state index in [1.165, 1.54) is 12.1 Å². The van der Waals surface area contributed by atoms with Gasteiger partial charge in [-0.2, -0.15) is 9.49 Å². The van der Waals surface area contributed by atoms with Gasteiger partial charge in [-0.15, -0.1) is 0 Å². The molecule has 0 bridgehead atoms. The Kier molecular flexibility index (Phi) is 3.74. The predicted octanol–water partition coefficient (Wildman–Crippen LogP) is 2.22. The van der Waals surface area contributed by atoms with Crippen LogP contribution < -0.4 is 10.9 Å². The highest BCUT2D eigenvalue weighted by Crippen LogP contribution is 2.22. The summed E-state index contributed by atoms with van der Waals surface area (Å²) in [5.74, 6) is -1.70. The van der Waals surface area contributed by atoms with Gasteiger partial charge in [-0.1, -0.05) is 18.2 Å². The number of hydrogen-bond donors (Lipinski definition) is 2. The van der Waals surface area contributed by atoms with Crippen LogP contribution in [0, 0.1) is 15.9 Å². The van der Waals surface area contributed by atoms with Crippen molar-refractivity contribution in [1.82, 2.24) is 10.2 Å². The van der Waals surface area contributed by atoms with Gasteiger partial charge in [-0.3, -0.25) is 19.7 Å². The van der Waals surface area contributed by atoms with Crippen LogP contribution in [0.5, 0.6) is 0 Å². The number of aromatic nitrogens is 2. The molecule has 8 nitrogen and oxygen atoms in total. The van der Waals surface area contributed by atoms with Crippen LogP contribution in [0.4, 0.5) is 15.8 Å². The fourth-order valence-electron chi connectivity index (χ4n) is 2.21. The minimum absolute atomic E-state index is 0.0326. The van der Waals surface area contributed by atoms with Gasteiger partial charge in [0.05, 0.1) is 10.3 Å². The number of hydrogen-bond acceptors (Lipinski definition) is 5. The normalized spacial score (nSPS) is 10.5. The molecule has 9 heteroatoms. The molecule has 1 amide bonds. The van der Waals surface area contributed by atoms with Gasteiger partial charge in [0.25, 0.3) is 11.5 Å². The number of nitro benzene ring substituents is 1. The summed E-state index contributed by atoms with van der Waals surface area (Å²) in [6.45, 7) is 0. The summed E-state index contributed by atoms with van der Waals surface area (Å²) in [7, 11) is 0. The van der Waals surface area contributed by atoms with E-state index >= 15 is 0 Å². The summed E-state index contributed by atoms with van der Waals surface area (Å²) in [5, 5.41) is 19.7. The standard InChI is InChI=1S/C15H9FN4O4/c16-11-6-5-8(7-12(11)20(23)24)17-15(22)13-9-3-1-2-4-10(9)14(21)19-18-13/h1-7H,(H,17,22)(H,19,21). The van der Waals surface area contributed by atoms with E-state index in [1.807, 2.05) is 0 Å². The highest BCUT2D eigenvalue weighted by molar-refractivity contribution is 6.11. The lowest BCUT2D eigenvalue weighted by Gasteiger charge is -2.07. The average Bonchev–Trinajstić information content (AvgIpc) is 2.57. The first-order valence-electron chi connectivity index (χ1n) is 6.70. The Morgan fingerprint density at radius 2 is 1.92 bits per heavy atom. The number of fused-ring (bicyclic) bond motifs is 1. The number of carbonyl (C=O) groups excluding carboxylic acids is 1. The first-order chi connectivity index (χ1) is 11.5. The van der Waals surface area contributed by atoms with Crippen LogP contribution in [0.2, 0.25) is 0 Å². The van der Waals surface area contributed by atoms with Gasteiger partial charge in [0.1, 0.15) is 0 Å². The zero-order chi connectivity index (χ0) is 17.3. The zero-order valence-electron chi connectivity index (χ0n) is 11.9. The first-order valence-corrected chi connectivity index (χ1v) is 6.70. The predicted molar refractivity (Wildman–Crippen MR) is 83.4 cm³/mol. The van der Waals surface area contributed by atoms with Crippen molar-refractivity contribution in [3.63, 3.8) is 0 Å². The van der Waals surface area contributed by atoms with Gasteiger partial charge in [-0.25, -0.2) is 5.10 Å². The number of nitrogens with zero attached hydrogens (tertiary/aromatic N) is 2. The van der Waals surface area contributed by atoms with E-state index in [0.29, 0.717) is 5.39 Å². The van der Waals surface area contributed by atoms with Crippen LogP contribution in [-0.4, -0.2) is 21.0 Å². The number of amides is 1. The summed E-state index contributed by atoms with van der Waals surface area (Å²) >= 11 is 0. The quantitative estimate of drug-likeness (QED) is 0.564. The summed E-state index contributed by atoms with van der Waals surface area (Å²) in [6.07, 6.45) is 0. The Balaban J connectivity index is 2.00. The monoisotopic (exact) mass is 328 g/mol. The van der Waals surface area contributed by atoms with Crippen molar-refractivity contribution in [3.8, 4) is 0 Å². The van der Waals surface area contributed by atoms with Gasteiger partial charge < -0.3 is 5.32 Å². The maximum atomic E-state index is 13.3. The molecule has 0 radical (unpaired) electrons. The van der Waals surface area contributed by atoms with E-state index in [2.05, 4.69) is 15.5 Å². The molecule has 0 aliphatic rings. The Hall–Kier alpha value is -3.62. The van der Waals surface area contributed by atoms with Crippen molar-refractivity contribution in [2.75, 3.05) is 5.32 Å². The number of anilines is 1.